The molecule has 1 unspecified atom stereocenters. The van der Waals surface area contributed by atoms with Gasteiger partial charge in [0.2, 0.25) is 0 Å². The summed E-state index contributed by atoms with van der Waals surface area (Å²) in [6.45, 7) is 6.14. The molecule has 0 radical (unpaired) electrons. The number of ether oxygens (including phenoxy) is 1. The van der Waals surface area contributed by atoms with Crippen molar-refractivity contribution in [3.05, 3.63) is 0 Å². The highest BCUT2D eigenvalue weighted by Crippen LogP contribution is 2.27. The lowest BCUT2D eigenvalue weighted by atomic mass is 9.88. The van der Waals surface area contributed by atoms with Crippen LogP contribution in [0.3, 0.4) is 0 Å². The standard InChI is InChI=1S/C9H16O2/c1-4-8-5-6(2)7(3)11-9(8)10/h6-8H,4-5H2,1-3H3/t6-,7-,8?/m1/s1. The van der Waals surface area contributed by atoms with Crippen molar-refractivity contribution in [2.75, 3.05) is 0 Å². The Labute approximate surface area is 67.9 Å². The van der Waals surface area contributed by atoms with Crippen LogP contribution in [0.5, 0.6) is 0 Å². The Morgan fingerprint density at radius 3 is 2.73 bits per heavy atom. The monoisotopic (exact) mass is 156 g/mol. The van der Waals surface area contributed by atoms with Crippen LogP contribution in [-0.4, -0.2) is 12.1 Å². The van der Waals surface area contributed by atoms with Crippen LogP contribution < -0.4 is 0 Å². The first kappa shape index (κ1) is 8.57. The quantitative estimate of drug-likeness (QED) is 0.543. The highest BCUT2D eigenvalue weighted by molar-refractivity contribution is 5.73. The molecule has 1 aliphatic heterocycles. The molecule has 3 atom stereocenters. The number of carbonyl (C=O) groups is 1. The summed E-state index contributed by atoms with van der Waals surface area (Å²) in [5.41, 5.74) is 0. The Morgan fingerprint density at radius 2 is 2.18 bits per heavy atom. The van der Waals surface area contributed by atoms with Crippen LogP contribution in [0.4, 0.5) is 0 Å². The predicted octanol–water partition coefficient (Wildman–Crippen LogP) is 1.98. The predicted molar refractivity (Wildman–Crippen MR) is 43.1 cm³/mol. The molecule has 0 aromatic rings. The lowest BCUT2D eigenvalue weighted by Crippen LogP contribution is -2.34. The topological polar surface area (TPSA) is 26.3 Å². The van der Waals surface area contributed by atoms with E-state index in [2.05, 4.69) is 6.92 Å². The van der Waals surface area contributed by atoms with E-state index in [1.54, 1.807) is 0 Å². The van der Waals surface area contributed by atoms with Crippen molar-refractivity contribution in [1.82, 2.24) is 0 Å². The van der Waals surface area contributed by atoms with Gasteiger partial charge in [0.05, 0.1) is 5.92 Å². The van der Waals surface area contributed by atoms with Crippen LogP contribution in [-0.2, 0) is 9.53 Å². The Bertz CT molecular complexity index is 154. The summed E-state index contributed by atoms with van der Waals surface area (Å²) in [6, 6.07) is 0. The third-order valence-electron chi connectivity index (χ3n) is 2.59. The molecule has 64 valence electrons. The molecule has 0 aromatic carbocycles. The van der Waals surface area contributed by atoms with Gasteiger partial charge in [-0.3, -0.25) is 4.79 Å². The minimum absolute atomic E-state index is 0.00176. The lowest BCUT2D eigenvalue weighted by molar-refractivity contribution is -0.163. The minimum Gasteiger partial charge on any atom is -0.462 e. The first-order valence-electron chi connectivity index (χ1n) is 4.35. The van der Waals surface area contributed by atoms with Gasteiger partial charge in [-0.25, -0.2) is 0 Å². The van der Waals surface area contributed by atoms with Crippen LogP contribution in [0, 0.1) is 11.8 Å². The van der Waals surface area contributed by atoms with E-state index in [1.165, 1.54) is 0 Å². The second-order valence-corrected chi connectivity index (χ2v) is 3.46. The van der Waals surface area contributed by atoms with Crippen molar-refractivity contribution in [2.24, 2.45) is 11.8 Å². The fourth-order valence-electron chi connectivity index (χ4n) is 1.47. The Morgan fingerprint density at radius 1 is 1.55 bits per heavy atom. The third kappa shape index (κ3) is 1.73. The molecule has 0 amide bonds. The molecule has 0 saturated carbocycles. The maximum atomic E-state index is 11.2. The van der Waals surface area contributed by atoms with Crippen LogP contribution >= 0.6 is 0 Å². The van der Waals surface area contributed by atoms with E-state index >= 15 is 0 Å². The summed E-state index contributed by atoms with van der Waals surface area (Å²) in [6.07, 6.45) is 2.03. The molecule has 2 nitrogen and oxygen atoms in total. The van der Waals surface area contributed by atoms with E-state index in [4.69, 9.17) is 4.74 Å². The molecule has 0 spiro atoms. The second-order valence-electron chi connectivity index (χ2n) is 3.46. The summed E-state index contributed by atoms with van der Waals surface area (Å²) in [4.78, 5) is 11.2. The molecule has 0 N–H and O–H groups in total. The summed E-state index contributed by atoms with van der Waals surface area (Å²) >= 11 is 0. The SMILES string of the molecule is CCC1C[C@@H](C)[C@@H](C)OC1=O. The van der Waals surface area contributed by atoms with Crippen molar-refractivity contribution in [3.8, 4) is 0 Å². The van der Waals surface area contributed by atoms with E-state index in [9.17, 15) is 4.79 Å². The molecular weight excluding hydrogens is 140 g/mol. The zero-order valence-corrected chi connectivity index (χ0v) is 7.46. The van der Waals surface area contributed by atoms with Gasteiger partial charge < -0.3 is 4.74 Å². The van der Waals surface area contributed by atoms with E-state index in [-0.39, 0.29) is 18.0 Å². The van der Waals surface area contributed by atoms with Gasteiger partial charge in [-0.2, -0.15) is 0 Å². The Hall–Kier alpha value is -0.530. The average molecular weight is 156 g/mol. The van der Waals surface area contributed by atoms with Crippen molar-refractivity contribution < 1.29 is 9.53 Å². The highest BCUT2D eigenvalue weighted by Gasteiger charge is 2.31. The lowest BCUT2D eigenvalue weighted by Gasteiger charge is -2.30. The van der Waals surface area contributed by atoms with Gasteiger partial charge in [0.25, 0.3) is 0 Å². The van der Waals surface area contributed by atoms with E-state index in [1.807, 2.05) is 13.8 Å². The van der Waals surface area contributed by atoms with Gasteiger partial charge in [-0.05, 0) is 25.7 Å². The number of carbonyl (C=O) groups excluding carboxylic acids is 1. The van der Waals surface area contributed by atoms with Crippen LogP contribution in [0.15, 0.2) is 0 Å². The minimum atomic E-state index is -0.00176. The van der Waals surface area contributed by atoms with Gasteiger partial charge in [0.15, 0.2) is 0 Å². The molecule has 0 aliphatic carbocycles. The maximum absolute atomic E-state index is 11.2. The van der Waals surface area contributed by atoms with E-state index in [0.717, 1.165) is 12.8 Å². The summed E-state index contributed by atoms with van der Waals surface area (Å²) in [7, 11) is 0. The van der Waals surface area contributed by atoms with Crippen LogP contribution in [0.25, 0.3) is 0 Å². The number of cyclic esters (lactones) is 1. The number of esters is 1. The average Bonchev–Trinajstić information content (AvgIpc) is 1.97. The summed E-state index contributed by atoms with van der Waals surface area (Å²) in [5, 5.41) is 0. The third-order valence-corrected chi connectivity index (χ3v) is 2.59. The van der Waals surface area contributed by atoms with Crippen molar-refractivity contribution in [2.45, 2.75) is 39.7 Å². The van der Waals surface area contributed by atoms with Crippen molar-refractivity contribution >= 4 is 5.97 Å². The van der Waals surface area contributed by atoms with Crippen molar-refractivity contribution in [3.63, 3.8) is 0 Å². The normalized spacial score (nSPS) is 38.5. The molecule has 1 rings (SSSR count). The van der Waals surface area contributed by atoms with E-state index in [0.29, 0.717) is 5.92 Å². The number of rotatable bonds is 1. The molecule has 1 saturated heterocycles. The molecule has 0 bridgehead atoms. The van der Waals surface area contributed by atoms with Gasteiger partial charge >= 0.3 is 5.97 Å². The fraction of sp³-hybridized carbons (Fsp3) is 0.889. The Kier molecular flexibility index (Phi) is 2.53. The molecule has 1 fully saturated rings. The molecule has 11 heavy (non-hydrogen) atoms. The van der Waals surface area contributed by atoms with Crippen molar-refractivity contribution in [1.29, 1.82) is 0 Å². The highest BCUT2D eigenvalue weighted by atomic mass is 16.5. The number of hydrogen-bond acceptors (Lipinski definition) is 2. The fourth-order valence-corrected chi connectivity index (χ4v) is 1.47. The van der Waals surface area contributed by atoms with Gasteiger partial charge in [-0.1, -0.05) is 13.8 Å². The second kappa shape index (κ2) is 3.24. The zero-order chi connectivity index (χ0) is 8.43. The molecule has 2 heteroatoms. The Balaban J connectivity index is 2.55. The molecular formula is C9H16O2. The summed E-state index contributed by atoms with van der Waals surface area (Å²) < 4.78 is 5.16. The van der Waals surface area contributed by atoms with E-state index < -0.39 is 0 Å². The van der Waals surface area contributed by atoms with Crippen LogP contribution in [0.1, 0.15) is 33.6 Å². The van der Waals surface area contributed by atoms with Gasteiger partial charge in [-0.15, -0.1) is 0 Å². The first-order chi connectivity index (χ1) is 5.15. The number of hydrogen-bond donors (Lipinski definition) is 0. The van der Waals surface area contributed by atoms with Gasteiger partial charge in [0.1, 0.15) is 6.10 Å². The molecule has 1 aliphatic rings. The smallest absolute Gasteiger partial charge is 0.309 e. The molecule has 0 aromatic heterocycles. The maximum Gasteiger partial charge on any atom is 0.309 e. The first-order valence-corrected chi connectivity index (χ1v) is 4.35. The van der Waals surface area contributed by atoms with Crippen LogP contribution in [0.2, 0.25) is 0 Å². The largest absolute Gasteiger partial charge is 0.462 e. The zero-order valence-electron chi connectivity index (χ0n) is 7.46. The van der Waals surface area contributed by atoms with Gasteiger partial charge in [0, 0.05) is 0 Å². The summed E-state index contributed by atoms with van der Waals surface area (Å²) in [5.74, 6) is 0.678. The molecule has 1 heterocycles.